The van der Waals surface area contributed by atoms with Crippen molar-refractivity contribution in [1.82, 2.24) is 0 Å². The standard InChI is InChI=1S/C22H24ClF3N2O2S/c1-13(20(30)28-18-10-5-14(23)11-17(18)22(24,25)26)31-16-8-6-15(7-9-16)27-19(29)12-21(2,3)4/h5-11,13H,12H2,1-4H3,(H,27,29)(H,28,30). The number of nitrogens with one attached hydrogen (secondary N) is 2. The van der Waals surface area contributed by atoms with Crippen LogP contribution in [-0.4, -0.2) is 17.1 Å². The van der Waals surface area contributed by atoms with Crippen molar-refractivity contribution in [3.05, 3.63) is 53.1 Å². The van der Waals surface area contributed by atoms with Crippen LogP contribution in [0.3, 0.4) is 0 Å². The zero-order valence-corrected chi connectivity index (χ0v) is 19.1. The third kappa shape index (κ3) is 8.10. The summed E-state index contributed by atoms with van der Waals surface area (Å²) in [6.07, 6.45) is -4.26. The number of hydrogen-bond donors (Lipinski definition) is 2. The van der Waals surface area contributed by atoms with Crippen molar-refractivity contribution in [2.75, 3.05) is 10.6 Å². The van der Waals surface area contributed by atoms with E-state index in [1.54, 1.807) is 31.2 Å². The van der Waals surface area contributed by atoms with Crippen molar-refractivity contribution < 1.29 is 22.8 Å². The Hall–Kier alpha value is -2.19. The van der Waals surface area contributed by atoms with Gasteiger partial charge in [-0.3, -0.25) is 9.59 Å². The highest BCUT2D eigenvalue weighted by molar-refractivity contribution is 8.00. The van der Waals surface area contributed by atoms with Crippen molar-refractivity contribution in [1.29, 1.82) is 0 Å². The van der Waals surface area contributed by atoms with Gasteiger partial charge in [0.05, 0.1) is 16.5 Å². The van der Waals surface area contributed by atoms with Crippen LogP contribution in [0.2, 0.25) is 5.02 Å². The second-order valence-corrected chi connectivity index (χ2v) is 10.1. The highest BCUT2D eigenvalue weighted by Crippen LogP contribution is 2.37. The molecule has 0 aliphatic rings. The predicted molar refractivity (Wildman–Crippen MR) is 120 cm³/mol. The fraction of sp³-hybridized carbons (Fsp3) is 0.364. The third-order valence-corrected chi connectivity index (χ3v) is 5.40. The van der Waals surface area contributed by atoms with Crippen LogP contribution in [-0.2, 0) is 15.8 Å². The molecule has 1 atom stereocenters. The van der Waals surface area contributed by atoms with E-state index in [-0.39, 0.29) is 22.0 Å². The van der Waals surface area contributed by atoms with Gasteiger partial charge >= 0.3 is 6.18 Å². The predicted octanol–water partition coefficient (Wildman–Crippen LogP) is 6.85. The average molecular weight is 473 g/mol. The van der Waals surface area contributed by atoms with Gasteiger partial charge in [-0.15, -0.1) is 11.8 Å². The molecule has 0 heterocycles. The molecule has 4 nitrogen and oxygen atoms in total. The first-order chi connectivity index (χ1) is 14.2. The maximum atomic E-state index is 13.2. The van der Waals surface area contributed by atoms with E-state index < -0.39 is 22.9 Å². The maximum absolute atomic E-state index is 13.2. The number of benzene rings is 2. The Bertz CT molecular complexity index is 941. The van der Waals surface area contributed by atoms with Gasteiger partial charge in [-0.25, -0.2) is 0 Å². The fourth-order valence-electron chi connectivity index (χ4n) is 2.66. The van der Waals surface area contributed by atoms with E-state index in [9.17, 15) is 22.8 Å². The van der Waals surface area contributed by atoms with Crippen LogP contribution >= 0.6 is 23.4 Å². The zero-order valence-electron chi connectivity index (χ0n) is 17.6. The summed E-state index contributed by atoms with van der Waals surface area (Å²) < 4.78 is 39.6. The molecule has 0 radical (unpaired) electrons. The normalized spacial score (nSPS) is 12.9. The summed E-state index contributed by atoms with van der Waals surface area (Å²) in [4.78, 5) is 25.2. The third-order valence-electron chi connectivity index (χ3n) is 4.06. The number of thioether (sulfide) groups is 1. The molecule has 0 saturated carbocycles. The van der Waals surface area contributed by atoms with Crippen LogP contribution in [0.15, 0.2) is 47.4 Å². The number of amides is 2. The van der Waals surface area contributed by atoms with Crippen molar-refractivity contribution in [3.63, 3.8) is 0 Å². The quantitative estimate of drug-likeness (QED) is 0.452. The molecule has 0 saturated heterocycles. The van der Waals surface area contributed by atoms with Gasteiger partial charge in [0.1, 0.15) is 0 Å². The van der Waals surface area contributed by atoms with Crippen LogP contribution < -0.4 is 10.6 Å². The van der Waals surface area contributed by atoms with Gasteiger partial charge in [0.15, 0.2) is 0 Å². The number of halogens is 4. The summed E-state index contributed by atoms with van der Waals surface area (Å²) in [5, 5.41) is 4.42. The first-order valence-corrected chi connectivity index (χ1v) is 10.7. The lowest BCUT2D eigenvalue weighted by atomic mass is 9.92. The molecule has 2 N–H and O–H groups in total. The Balaban J connectivity index is 2.00. The number of carbonyl (C=O) groups is 2. The van der Waals surface area contributed by atoms with E-state index in [1.807, 2.05) is 20.8 Å². The van der Waals surface area contributed by atoms with Crippen LogP contribution in [0, 0.1) is 5.41 Å². The molecule has 2 rings (SSSR count). The molecule has 2 aromatic carbocycles. The van der Waals surface area contributed by atoms with Gasteiger partial charge < -0.3 is 10.6 Å². The summed E-state index contributed by atoms with van der Waals surface area (Å²) in [5.41, 5.74) is -0.836. The molecule has 1 unspecified atom stereocenters. The summed E-state index contributed by atoms with van der Waals surface area (Å²) >= 11 is 6.85. The van der Waals surface area contributed by atoms with Crippen molar-refractivity contribution >= 4 is 46.6 Å². The zero-order chi connectivity index (χ0) is 23.4. The van der Waals surface area contributed by atoms with Gasteiger partial charge in [-0.2, -0.15) is 13.2 Å². The molecule has 9 heteroatoms. The Morgan fingerprint density at radius 2 is 1.65 bits per heavy atom. The largest absolute Gasteiger partial charge is 0.418 e. The number of hydrogen-bond acceptors (Lipinski definition) is 3. The van der Waals surface area contributed by atoms with E-state index in [0.717, 1.165) is 17.0 Å². The molecule has 2 aromatic rings. The lowest BCUT2D eigenvalue weighted by Crippen LogP contribution is -2.24. The second kappa shape index (κ2) is 9.96. The monoisotopic (exact) mass is 472 g/mol. The number of carbonyl (C=O) groups excluding carboxylic acids is 2. The summed E-state index contributed by atoms with van der Waals surface area (Å²) in [6.45, 7) is 7.52. The summed E-state index contributed by atoms with van der Waals surface area (Å²) in [5.74, 6) is -0.663. The highest BCUT2D eigenvalue weighted by Gasteiger charge is 2.34. The maximum Gasteiger partial charge on any atom is 0.418 e. The van der Waals surface area contributed by atoms with Gasteiger partial charge in [0, 0.05) is 22.0 Å². The van der Waals surface area contributed by atoms with Gasteiger partial charge in [0.25, 0.3) is 0 Å². The number of rotatable bonds is 6. The summed E-state index contributed by atoms with van der Waals surface area (Å²) in [7, 11) is 0. The molecule has 0 fully saturated rings. The molecular weight excluding hydrogens is 449 g/mol. The fourth-order valence-corrected chi connectivity index (χ4v) is 3.70. The van der Waals surface area contributed by atoms with Crippen molar-refractivity contribution in [3.8, 4) is 0 Å². The average Bonchev–Trinajstić information content (AvgIpc) is 2.62. The van der Waals surface area contributed by atoms with Crippen LogP contribution in [0.1, 0.15) is 39.7 Å². The molecule has 31 heavy (non-hydrogen) atoms. The second-order valence-electron chi connectivity index (χ2n) is 8.25. The Labute approximate surface area is 188 Å². The molecular formula is C22H24ClF3N2O2S. The molecule has 2 amide bonds. The molecule has 0 aliphatic heterocycles. The van der Waals surface area contributed by atoms with Crippen LogP contribution in [0.4, 0.5) is 24.5 Å². The smallest absolute Gasteiger partial charge is 0.326 e. The van der Waals surface area contributed by atoms with E-state index >= 15 is 0 Å². The van der Waals surface area contributed by atoms with Gasteiger partial charge in [-0.1, -0.05) is 32.4 Å². The van der Waals surface area contributed by atoms with Gasteiger partial charge in [0.2, 0.25) is 11.8 Å². The molecule has 168 valence electrons. The Morgan fingerprint density at radius 3 is 2.19 bits per heavy atom. The van der Waals surface area contributed by atoms with E-state index in [2.05, 4.69) is 10.6 Å². The van der Waals surface area contributed by atoms with E-state index in [0.29, 0.717) is 12.1 Å². The SMILES string of the molecule is CC(Sc1ccc(NC(=O)CC(C)(C)C)cc1)C(=O)Nc1ccc(Cl)cc1C(F)(F)F. The topological polar surface area (TPSA) is 58.2 Å². The molecule has 0 aromatic heterocycles. The highest BCUT2D eigenvalue weighted by atomic mass is 35.5. The molecule has 0 bridgehead atoms. The minimum absolute atomic E-state index is 0.0672. The first kappa shape index (κ1) is 25.1. The lowest BCUT2D eigenvalue weighted by molar-refractivity contribution is -0.137. The van der Waals surface area contributed by atoms with Crippen LogP contribution in [0.25, 0.3) is 0 Å². The van der Waals surface area contributed by atoms with Crippen molar-refractivity contribution in [2.24, 2.45) is 5.41 Å². The number of alkyl halides is 3. The summed E-state index contributed by atoms with van der Waals surface area (Å²) in [6, 6.07) is 10.1. The molecule has 0 spiro atoms. The van der Waals surface area contributed by atoms with Crippen molar-refractivity contribution in [2.45, 2.75) is 50.4 Å². The minimum atomic E-state index is -4.64. The first-order valence-electron chi connectivity index (χ1n) is 9.49. The van der Waals surface area contributed by atoms with Crippen LogP contribution in [0.5, 0.6) is 0 Å². The Kier molecular flexibility index (Phi) is 8.05. The van der Waals surface area contributed by atoms with E-state index in [1.165, 1.54) is 17.8 Å². The lowest BCUT2D eigenvalue weighted by Gasteiger charge is -2.18. The number of anilines is 2. The minimum Gasteiger partial charge on any atom is -0.326 e. The Morgan fingerprint density at radius 1 is 1.03 bits per heavy atom. The molecule has 0 aliphatic carbocycles. The van der Waals surface area contributed by atoms with E-state index in [4.69, 9.17) is 11.6 Å². The van der Waals surface area contributed by atoms with Gasteiger partial charge in [-0.05, 0) is 54.8 Å².